The SMILES string of the molecule is CC(=O)NCC(=O)N[C@H]1COC[C@H]1Cc1ccncc1. The minimum atomic E-state index is -0.212. The third-order valence-electron chi connectivity index (χ3n) is 3.29. The largest absolute Gasteiger partial charge is 0.379 e. The fourth-order valence-electron chi connectivity index (χ4n) is 2.24. The Morgan fingerprint density at radius 2 is 2.10 bits per heavy atom. The van der Waals surface area contributed by atoms with Crippen LogP contribution < -0.4 is 10.6 Å². The molecule has 2 amide bonds. The van der Waals surface area contributed by atoms with Crippen LogP contribution in [0.5, 0.6) is 0 Å². The Bertz CT molecular complexity index is 464. The fourth-order valence-corrected chi connectivity index (χ4v) is 2.24. The Balaban J connectivity index is 1.84. The van der Waals surface area contributed by atoms with Gasteiger partial charge >= 0.3 is 0 Å². The first-order valence-electron chi connectivity index (χ1n) is 6.65. The number of nitrogens with zero attached hydrogens (tertiary/aromatic N) is 1. The second-order valence-corrected chi connectivity index (χ2v) is 4.94. The molecule has 0 spiro atoms. The third-order valence-corrected chi connectivity index (χ3v) is 3.29. The summed E-state index contributed by atoms with van der Waals surface area (Å²) in [7, 11) is 0. The van der Waals surface area contributed by atoms with E-state index in [2.05, 4.69) is 15.6 Å². The zero-order valence-corrected chi connectivity index (χ0v) is 11.5. The molecule has 0 aromatic carbocycles. The van der Waals surface area contributed by atoms with Gasteiger partial charge in [0.2, 0.25) is 11.8 Å². The van der Waals surface area contributed by atoms with E-state index in [1.165, 1.54) is 12.5 Å². The summed E-state index contributed by atoms with van der Waals surface area (Å²) in [4.78, 5) is 26.5. The average Bonchev–Trinajstić information content (AvgIpc) is 2.85. The molecule has 6 nitrogen and oxygen atoms in total. The molecule has 1 aliphatic rings. The van der Waals surface area contributed by atoms with E-state index in [9.17, 15) is 9.59 Å². The molecule has 1 aliphatic heterocycles. The number of hydrogen-bond donors (Lipinski definition) is 2. The standard InChI is InChI=1S/C14H19N3O3/c1-10(18)16-7-14(19)17-13-9-20-8-12(13)6-11-2-4-15-5-3-11/h2-5,12-13H,6-9H2,1H3,(H,16,18)(H,17,19)/t12-,13+/m1/s1. The van der Waals surface area contributed by atoms with E-state index >= 15 is 0 Å². The van der Waals surface area contributed by atoms with E-state index in [0.29, 0.717) is 13.2 Å². The molecule has 2 heterocycles. The minimum absolute atomic E-state index is 0.00775. The van der Waals surface area contributed by atoms with Gasteiger partial charge in [-0.15, -0.1) is 0 Å². The maximum Gasteiger partial charge on any atom is 0.239 e. The first kappa shape index (κ1) is 14.5. The van der Waals surface area contributed by atoms with Gasteiger partial charge in [-0.25, -0.2) is 0 Å². The van der Waals surface area contributed by atoms with Crippen LogP contribution in [0.4, 0.5) is 0 Å². The second kappa shape index (κ2) is 7.00. The lowest BCUT2D eigenvalue weighted by atomic mass is 9.95. The number of amides is 2. The summed E-state index contributed by atoms with van der Waals surface area (Å²) in [6.45, 7) is 2.54. The van der Waals surface area contributed by atoms with Crippen LogP contribution in [0.1, 0.15) is 12.5 Å². The number of hydrogen-bond acceptors (Lipinski definition) is 4. The van der Waals surface area contributed by atoms with Crippen LogP contribution in [-0.2, 0) is 20.7 Å². The predicted octanol–water partition coefficient (Wildman–Crippen LogP) is -0.109. The lowest BCUT2D eigenvalue weighted by Crippen LogP contribution is -2.45. The summed E-state index contributed by atoms with van der Waals surface area (Å²) < 4.78 is 5.45. The highest BCUT2D eigenvalue weighted by molar-refractivity contribution is 5.83. The number of nitrogens with one attached hydrogen (secondary N) is 2. The van der Waals surface area contributed by atoms with E-state index in [1.54, 1.807) is 12.4 Å². The van der Waals surface area contributed by atoms with Crippen LogP contribution in [0, 0.1) is 5.92 Å². The molecule has 1 fully saturated rings. The maximum absolute atomic E-state index is 11.7. The van der Waals surface area contributed by atoms with Gasteiger partial charge in [-0.2, -0.15) is 0 Å². The molecule has 0 bridgehead atoms. The number of ether oxygens (including phenoxy) is 1. The van der Waals surface area contributed by atoms with Crippen molar-refractivity contribution in [2.75, 3.05) is 19.8 Å². The van der Waals surface area contributed by atoms with Gasteiger partial charge in [0.25, 0.3) is 0 Å². The normalized spacial score (nSPS) is 21.4. The van der Waals surface area contributed by atoms with Crippen LogP contribution in [0.25, 0.3) is 0 Å². The van der Waals surface area contributed by atoms with E-state index < -0.39 is 0 Å². The number of pyridine rings is 1. The van der Waals surface area contributed by atoms with Crippen LogP contribution in [0.3, 0.4) is 0 Å². The highest BCUT2D eigenvalue weighted by atomic mass is 16.5. The number of aromatic nitrogens is 1. The summed E-state index contributed by atoms with van der Waals surface area (Å²) >= 11 is 0. The number of carbonyl (C=O) groups excluding carboxylic acids is 2. The summed E-state index contributed by atoms with van der Waals surface area (Å²) in [6, 6.07) is 3.92. The molecule has 1 aromatic rings. The number of rotatable bonds is 5. The van der Waals surface area contributed by atoms with Crippen LogP contribution in [-0.4, -0.2) is 42.6 Å². The van der Waals surface area contributed by atoms with Gasteiger partial charge in [0.15, 0.2) is 0 Å². The molecule has 1 saturated heterocycles. The first-order chi connectivity index (χ1) is 9.65. The zero-order chi connectivity index (χ0) is 14.4. The third kappa shape index (κ3) is 4.31. The van der Waals surface area contributed by atoms with Crippen molar-refractivity contribution in [3.05, 3.63) is 30.1 Å². The molecule has 2 atom stereocenters. The van der Waals surface area contributed by atoms with Crippen molar-refractivity contribution < 1.29 is 14.3 Å². The summed E-state index contributed by atoms with van der Waals surface area (Å²) in [5.41, 5.74) is 1.18. The molecule has 1 aromatic heterocycles. The van der Waals surface area contributed by atoms with E-state index in [1.807, 2.05) is 12.1 Å². The molecule has 0 unspecified atom stereocenters. The molecule has 2 N–H and O–H groups in total. The van der Waals surface area contributed by atoms with Crippen LogP contribution in [0.15, 0.2) is 24.5 Å². The molecule has 20 heavy (non-hydrogen) atoms. The molecule has 0 saturated carbocycles. The topological polar surface area (TPSA) is 80.3 Å². The Labute approximate surface area is 117 Å². The zero-order valence-electron chi connectivity index (χ0n) is 11.5. The van der Waals surface area contributed by atoms with E-state index in [4.69, 9.17) is 4.74 Å². The van der Waals surface area contributed by atoms with Gasteiger partial charge in [0.1, 0.15) is 0 Å². The Hall–Kier alpha value is -1.95. The summed E-state index contributed by atoms with van der Waals surface area (Å²) in [5.74, 6) is -0.148. The molecular weight excluding hydrogens is 258 g/mol. The van der Waals surface area contributed by atoms with Gasteiger partial charge in [0, 0.05) is 25.2 Å². The lowest BCUT2D eigenvalue weighted by Gasteiger charge is -2.19. The van der Waals surface area contributed by atoms with Gasteiger partial charge in [0.05, 0.1) is 25.8 Å². The Kier molecular flexibility index (Phi) is 5.06. The summed E-state index contributed by atoms with van der Waals surface area (Å²) in [6.07, 6.45) is 4.36. The lowest BCUT2D eigenvalue weighted by molar-refractivity contribution is -0.125. The highest BCUT2D eigenvalue weighted by Gasteiger charge is 2.29. The van der Waals surface area contributed by atoms with Crippen molar-refractivity contribution in [3.63, 3.8) is 0 Å². The van der Waals surface area contributed by atoms with Crippen molar-refractivity contribution in [1.29, 1.82) is 0 Å². The molecule has 0 aliphatic carbocycles. The monoisotopic (exact) mass is 277 g/mol. The van der Waals surface area contributed by atoms with Crippen LogP contribution >= 0.6 is 0 Å². The van der Waals surface area contributed by atoms with Crippen LogP contribution in [0.2, 0.25) is 0 Å². The van der Waals surface area contributed by atoms with E-state index in [-0.39, 0.29) is 30.3 Å². The predicted molar refractivity (Wildman–Crippen MR) is 72.9 cm³/mol. The van der Waals surface area contributed by atoms with Crippen molar-refractivity contribution in [2.24, 2.45) is 5.92 Å². The molecule has 0 radical (unpaired) electrons. The quantitative estimate of drug-likeness (QED) is 0.787. The molecular formula is C14H19N3O3. The Morgan fingerprint density at radius 1 is 1.35 bits per heavy atom. The average molecular weight is 277 g/mol. The van der Waals surface area contributed by atoms with Gasteiger partial charge in [-0.05, 0) is 24.1 Å². The smallest absolute Gasteiger partial charge is 0.239 e. The van der Waals surface area contributed by atoms with Gasteiger partial charge in [-0.3, -0.25) is 14.6 Å². The minimum Gasteiger partial charge on any atom is -0.379 e. The van der Waals surface area contributed by atoms with Crippen molar-refractivity contribution in [1.82, 2.24) is 15.6 Å². The molecule has 2 rings (SSSR count). The highest BCUT2D eigenvalue weighted by Crippen LogP contribution is 2.18. The molecule has 6 heteroatoms. The van der Waals surface area contributed by atoms with Crippen molar-refractivity contribution >= 4 is 11.8 Å². The maximum atomic E-state index is 11.7. The van der Waals surface area contributed by atoms with Gasteiger partial charge in [-0.1, -0.05) is 0 Å². The Morgan fingerprint density at radius 3 is 2.80 bits per heavy atom. The van der Waals surface area contributed by atoms with E-state index in [0.717, 1.165) is 6.42 Å². The summed E-state index contributed by atoms with van der Waals surface area (Å²) in [5, 5.41) is 5.39. The van der Waals surface area contributed by atoms with Crippen molar-refractivity contribution in [3.8, 4) is 0 Å². The van der Waals surface area contributed by atoms with Gasteiger partial charge < -0.3 is 15.4 Å². The van der Waals surface area contributed by atoms with Crippen molar-refractivity contribution in [2.45, 2.75) is 19.4 Å². The fraction of sp³-hybridized carbons (Fsp3) is 0.500. The number of carbonyl (C=O) groups is 2. The molecule has 108 valence electrons. The second-order valence-electron chi connectivity index (χ2n) is 4.94. The first-order valence-corrected chi connectivity index (χ1v) is 6.65.